The van der Waals surface area contributed by atoms with Gasteiger partial charge in [0.05, 0.1) is 25.9 Å². The average molecular weight is 246 g/mol. The quantitative estimate of drug-likeness (QED) is 0.749. The molecule has 0 fully saturated rings. The highest BCUT2D eigenvalue weighted by Crippen LogP contribution is 2.38. The van der Waals surface area contributed by atoms with Crippen molar-refractivity contribution in [2.24, 2.45) is 0 Å². The van der Waals surface area contributed by atoms with Gasteiger partial charge in [0, 0.05) is 6.42 Å². The molecule has 0 aliphatic carbocycles. The Morgan fingerprint density at radius 2 is 2.06 bits per heavy atom. The molecule has 1 aromatic rings. The summed E-state index contributed by atoms with van der Waals surface area (Å²) in [5.74, 6) is 0.548. The van der Waals surface area contributed by atoms with Crippen LogP contribution in [-0.2, 0) is 14.3 Å². The summed E-state index contributed by atoms with van der Waals surface area (Å²) in [4.78, 5) is 11.8. The van der Waals surface area contributed by atoms with E-state index in [2.05, 4.69) is 0 Å². The molecule has 0 radical (unpaired) electrons. The number of rotatable bonds is 2. The zero-order valence-corrected chi connectivity index (χ0v) is 10.1. The predicted molar refractivity (Wildman–Crippen MR) is 64.3 cm³/mol. The lowest BCUT2D eigenvalue weighted by Gasteiger charge is -2.17. The van der Waals surface area contributed by atoms with Crippen molar-refractivity contribution in [3.63, 3.8) is 0 Å². The fourth-order valence-electron chi connectivity index (χ4n) is 2.37. The van der Waals surface area contributed by atoms with Gasteiger partial charge in [-0.25, -0.2) is 4.79 Å². The Hall–Kier alpha value is -1.81. The molecule has 1 unspecified atom stereocenters. The second-order valence-corrected chi connectivity index (χ2v) is 4.37. The number of ether oxygens (including phenoxy) is 3. The normalized spacial score (nSPS) is 22.7. The van der Waals surface area contributed by atoms with E-state index in [1.54, 1.807) is 7.11 Å². The van der Waals surface area contributed by atoms with Crippen LogP contribution in [0, 0.1) is 0 Å². The lowest BCUT2D eigenvalue weighted by Crippen LogP contribution is -2.18. The smallest absolute Gasteiger partial charge is 0.337 e. The molecule has 0 N–H and O–H groups in total. The second kappa shape index (κ2) is 4.46. The Bertz CT molecular complexity index is 501. The molecular formula is C14H14O4. The summed E-state index contributed by atoms with van der Waals surface area (Å²) in [6.07, 6.45) is 0.493. The van der Waals surface area contributed by atoms with Crippen LogP contribution in [0.3, 0.4) is 0 Å². The molecule has 0 aromatic heterocycles. The Balaban J connectivity index is 1.92. The highest BCUT2D eigenvalue weighted by molar-refractivity contribution is 5.92. The van der Waals surface area contributed by atoms with E-state index in [-0.39, 0.29) is 12.1 Å². The van der Waals surface area contributed by atoms with Crippen molar-refractivity contribution in [3.05, 3.63) is 41.0 Å². The van der Waals surface area contributed by atoms with E-state index in [0.29, 0.717) is 18.8 Å². The minimum Gasteiger partial charge on any atom is -0.497 e. The van der Waals surface area contributed by atoms with E-state index < -0.39 is 0 Å². The molecule has 0 amide bonds. The number of carbonyl (C=O) groups excluding carboxylic acids is 1. The third kappa shape index (κ3) is 1.78. The topological polar surface area (TPSA) is 44.8 Å². The van der Waals surface area contributed by atoms with Gasteiger partial charge in [-0.3, -0.25) is 0 Å². The van der Waals surface area contributed by atoms with Gasteiger partial charge in [-0.1, -0.05) is 12.1 Å². The fraction of sp³-hybridized carbons (Fsp3) is 0.357. The van der Waals surface area contributed by atoms with Crippen molar-refractivity contribution < 1.29 is 19.0 Å². The Labute approximate surface area is 105 Å². The Kier molecular flexibility index (Phi) is 2.80. The average Bonchev–Trinajstić information content (AvgIpc) is 2.84. The van der Waals surface area contributed by atoms with Crippen LogP contribution in [0.25, 0.3) is 0 Å². The standard InChI is InChI=1S/C14H14O4/c1-16-11-4-2-9(3-5-11)13-12-10(8-18-13)6-7-17-14(12)15/h2-5,13H,6-8H2,1H3. The van der Waals surface area contributed by atoms with Crippen LogP contribution >= 0.6 is 0 Å². The molecule has 2 aliphatic rings. The maximum absolute atomic E-state index is 11.8. The van der Waals surface area contributed by atoms with Crippen LogP contribution in [0.4, 0.5) is 0 Å². The zero-order valence-electron chi connectivity index (χ0n) is 10.1. The third-order valence-electron chi connectivity index (χ3n) is 3.34. The number of esters is 1. The summed E-state index contributed by atoms with van der Waals surface area (Å²) in [6.45, 7) is 0.998. The Morgan fingerprint density at radius 1 is 1.28 bits per heavy atom. The van der Waals surface area contributed by atoms with Crippen LogP contribution in [0.2, 0.25) is 0 Å². The first kappa shape index (κ1) is 11.3. The van der Waals surface area contributed by atoms with Gasteiger partial charge in [-0.05, 0) is 23.3 Å². The summed E-state index contributed by atoms with van der Waals surface area (Å²) in [5.41, 5.74) is 2.72. The van der Waals surface area contributed by atoms with E-state index in [1.807, 2.05) is 24.3 Å². The summed E-state index contributed by atoms with van der Waals surface area (Å²) in [6, 6.07) is 7.57. The molecule has 94 valence electrons. The Morgan fingerprint density at radius 3 is 2.78 bits per heavy atom. The highest BCUT2D eigenvalue weighted by atomic mass is 16.5. The number of methoxy groups -OCH3 is 1. The molecule has 3 rings (SSSR count). The molecule has 0 bridgehead atoms. The van der Waals surface area contributed by atoms with E-state index >= 15 is 0 Å². The third-order valence-corrected chi connectivity index (χ3v) is 3.34. The summed E-state index contributed by atoms with van der Waals surface area (Å²) in [7, 11) is 1.63. The van der Waals surface area contributed by atoms with Crippen molar-refractivity contribution in [3.8, 4) is 5.75 Å². The monoisotopic (exact) mass is 246 g/mol. The molecule has 0 saturated heterocycles. The van der Waals surface area contributed by atoms with Crippen LogP contribution in [0.1, 0.15) is 18.1 Å². The first-order chi connectivity index (χ1) is 8.79. The van der Waals surface area contributed by atoms with E-state index in [1.165, 1.54) is 0 Å². The number of carbonyl (C=O) groups is 1. The number of hydrogen-bond acceptors (Lipinski definition) is 4. The number of cyclic esters (lactones) is 1. The van der Waals surface area contributed by atoms with E-state index in [4.69, 9.17) is 14.2 Å². The van der Waals surface area contributed by atoms with Crippen molar-refractivity contribution >= 4 is 5.97 Å². The van der Waals surface area contributed by atoms with Crippen molar-refractivity contribution in [2.45, 2.75) is 12.5 Å². The fourth-order valence-corrected chi connectivity index (χ4v) is 2.37. The molecule has 4 nitrogen and oxygen atoms in total. The van der Waals surface area contributed by atoms with Crippen molar-refractivity contribution in [2.75, 3.05) is 20.3 Å². The summed E-state index contributed by atoms with van der Waals surface area (Å²) >= 11 is 0. The SMILES string of the molecule is COc1ccc(C2OCC3=C2C(=O)OCC3)cc1. The van der Waals surface area contributed by atoms with E-state index in [9.17, 15) is 4.79 Å². The first-order valence-electron chi connectivity index (χ1n) is 5.94. The summed E-state index contributed by atoms with van der Waals surface area (Å²) < 4.78 is 15.9. The van der Waals surface area contributed by atoms with Crippen molar-refractivity contribution in [1.29, 1.82) is 0 Å². The number of hydrogen-bond donors (Lipinski definition) is 0. The van der Waals surface area contributed by atoms with Gasteiger partial charge in [0.1, 0.15) is 11.9 Å². The minimum absolute atomic E-state index is 0.241. The molecule has 0 saturated carbocycles. The lowest BCUT2D eigenvalue weighted by atomic mass is 9.97. The largest absolute Gasteiger partial charge is 0.497 e. The molecule has 18 heavy (non-hydrogen) atoms. The van der Waals surface area contributed by atoms with Gasteiger partial charge in [0.25, 0.3) is 0 Å². The molecular weight excluding hydrogens is 232 g/mol. The van der Waals surface area contributed by atoms with E-state index in [0.717, 1.165) is 23.3 Å². The highest BCUT2D eigenvalue weighted by Gasteiger charge is 2.35. The van der Waals surface area contributed by atoms with Crippen LogP contribution in [0.15, 0.2) is 35.4 Å². The molecule has 1 aromatic carbocycles. The zero-order chi connectivity index (χ0) is 12.5. The maximum atomic E-state index is 11.8. The summed E-state index contributed by atoms with van der Waals surface area (Å²) in [5, 5.41) is 0. The lowest BCUT2D eigenvalue weighted by molar-refractivity contribution is -0.140. The van der Waals surface area contributed by atoms with Gasteiger partial charge in [-0.15, -0.1) is 0 Å². The molecule has 1 atom stereocenters. The minimum atomic E-state index is -0.293. The molecule has 0 spiro atoms. The van der Waals surface area contributed by atoms with Gasteiger partial charge in [-0.2, -0.15) is 0 Å². The van der Waals surface area contributed by atoms with Crippen LogP contribution in [0.5, 0.6) is 5.75 Å². The first-order valence-corrected chi connectivity index (χ1v) is 5.94. The van der Waals surface area contributed by atoms with Gasteiger partial charge in [0.15, 0.2) is 0 Å². The van der Waals surface area contributed by atoms with Gasteiger partial charge < -0.3 is 14.2 Å². The number of benzene rings is 1. The van der Waals surface area contributed by atoms with Gasteiger partial charge in [0.2, 0.25) is 0 Å². The van der Waals surface area contributed by atoms with Gasteiger partial charge >= 0.3 is 5.97 Å². The molecule has 4 heteroatoms. The van der Waals surface area contributed by atoms with Crippen molar-refractivity contribution in [1.82, 2.24) is 0 Å². The predicted octanol–water partition coefficient (Wildman–Crippen LogP) is 2.01. The maximum Gasteiger partial charge on any atom is 0.337 e. The molecule has 2 heterocycles. The van der Waals surface area contributed by atoms with Crippen LogP contribution < -0.4 is 4.74 Å². The second-order valence-electron chi connectivity index (χ2n) is 4.37. The van der Waals surface area contributed by atoms with Crippen LogP contribution in [-0.4, -0.2) is 26.3 Å². The molecule has 2 aliphatic heterocycles.